The van der Waals surface area contributed by atoms with E-state index in [0.717, 1.165) is 11.8 Å². The Bertz CT molecular complexity index is 307. The highest BCUT2D eigenvalue weighted by Gasteiger charge is 2.28. The van der Waals surface area contributed by atoms with E-state index in [1.807, 2.05) is 0 Å². The second-order valence-electron chi connectivity index (χ2n) is 5.41. The molecule has 1 aliphatic rings. The number of halogens is 1. The highest BCUT2D eigenvalue weighted by Crippen LogP contribution is 2.37. The lowest BCUT2D eigenvalue weighted by molar-refractivity contribution is 0.248. The van der Waals surface area contributed by atoms with Crippen LogP contribution in [-0.2, 0) is 6.42 Å². The summed E-state index contributed by atoms with van der Waals surface area (Å²) in [5, 5.41) is 4.88. The first-order valence-corrected chi connectivity index (χ1v) is 8.32. The maximum Gasteiger partial charge on any atom is 0.0364 e. The van der Waals surface area contributed by atoms with Crippen LogP contribution in [0.25, 0.3) is 0 Å². The van der Waals surface area contributed by atoms with Gasteiger partial charge in [0.05, 0.1) is 0 Å². The molecule has 1 heterocycles. The molecule has 2 rings (SSSR count). The maximum absolute atomic E-state index is 6.49. The van der Waals surface area contributed by atoms with Gasteiger partial charge in [-0.3, -0.25) is 0 Å². The summed E-state index contributed by atoms with van der Waals surface area (Å²) in [6.07, 6.45) is 9.19. The van der Waals surface area contributed by atoms with Gasteiger partial charge in [-0.1, -0.05) is 19.8 Å². The Morgan fingerprint density at radius 3 is 2.94 bits per heavy atom. The van der Waals surface area contributed by atoms with Crippen LogP contribution in [0.2, 0.25) is 0 Å². The van der Waals surface area contributed by atoms with E-state index in [9.17, 15) is 0 Å². The molecule has 0 bridgehead atoms. The maximum atomic E-state index is 6.49. The van der Waals surface area contributed by atoms with Gasteiger partial charge in [0.25, 0.3) is 0 Å². The number of hydrogen-bond donors (Lipinski definition) is 0. The van der Waals surface area contributed by atoms with E-state index in [1.54, 1.807) is 11.3 Å². The van der Waals surface area contributed by atoms with Crippen molar-refractivity contribution in [3.63, 3.8) is 0 Å². The molecular weight excluding hydrogens is 248 g/mol. The summed E-state index contributed by atoms with van der Waals surface area (Å²) in [5.41, 5.74) is 1.50. The van der Waals surface area contributed by atoms with Gasteiger partial charge in [-0.25, -0.2) is 0 Å². The molecule has 0 aromatic carbocycles. The normalized spacial score (nSPS) is 29.4. The van der Waals surface area contributed by atoms with Crippen LogP contribution < -0.4 is 0 Å². The number of thiophene rings is 1. The molecule has 0 nitrogen and oxygen atoms in total. The molecule has 0 saturated heterocycles. The van der Waals surface area contributed by atoms with Gasteiger partial charge in [-0.2, -0.15) is 11.3 Å². The van der Waals surface area contributed by atoms with Crippen LogP contribution in [-0.4, -0.2) is 5.38 Å². The Labute approximate surface area is 114 Å². The summed E-state index contributed by atoms with van der Waals surface area (Å²) in [7, 11) is 0. The summed E-state index contributed by atoms with van der Waals surface area (Å²) in [6.45, 7) is 2.30. The Balaban J connectivity index is 1.81. The zero-order valence-electron chi connectivity index (χ0n) is 10.7. The first kappa shape index (κ1) is 13.4. The summed E-state index contributed by atoms with van der Waals surface area (Å²) < 4.78 is 0. The fourth-order valence-electron chi connectivity index (χ4n) is 3.08. The van der Waals surface area contributed by atoms with Crippen molar-refractivity contribution < 1.29 is 0 Å². The third-order valence-electron chi connectivity index (χ3n) is 4.08. The van der Waals surface area contributed by atoms with Gasteiger partial charge >= 0.3 is 0 Å². The van der Waals surface area contributed by atoms with Crippen molar-refractivity contribution in [2.24, 2.45) is 11.8 Å². The van der Waals surface area contributed by atoms with Crippen molar-refractivity contribution in [1.82, 2.24) is 0 Å². The Morgan fingerprint density at radius 1 is 1.35 bits per heavy atom. The van der Waals surface area contributed by atoms with Crippen molar-refractivity contribution in [2.45, 2.75) is 57.2 Å². The lowest BCUT2D eigenvalue weighted by Crippen LogP contribution is -2.25. The third-order valence-corrected chi connectivity index (χ3v) is 5.39. The SMILES string of the molecule is CCCC1CCC(Cl)C(CCc2ccsc2)C1. The summed E-state index contributed by atoms with van der Waals surface area (Å²) in [6, 6.07) is 2.25. The van der Waals surface area contributed by atoms with E-state index >= 15 is 0 Å². The highest BCUT2D eigenvalue weighted by atomic mass is 35.5. The van der Waals surface area contributed by atoms with E-state index in [1.165, 1.54) is 50.5 Å². The van der Waals surface area contributed by atoms with Crippen molar-refractivity contribution in [3.05, 3.63) is 22.4 Å². The van der Waals surface area contributed by atoms with E-state index in [2.05, 4.69) is 23.8 Å². The lowest BCUT2D eigenvalue weighted by atomic mass is 9.77. The molecule has 96 valence electrons. The third kappa shape index (κ3) is 3.99. The van der Waals surface area contributed by atoms with Crippen molar-refractivity contribution >= 4 is 22.9 Å². The molecule has 3 atom stereocenters. The van der Waals surface area contributed by atoms with Gasteiger partial charge in [0.1, 0.15) is 0 Å². The average molecular weight is 271 g/mol. The largest absolute Gasteiger partial charge is 0.152 e. The molecule has 1 saturated carbocycles. The molecule has 0 radical (unpaired) electrons. The Hall–Kier alpha value is -0.0100. The molecule has 17 heavy (non-hydrogen) atoms. The predicted molar refractivity (Wildman–Crippen MR) is 78.0 cm³/mol. The standard InChI is InChI=1S/C15H23ClS/c1-2-3-12-5-7-15(16)14(10-12)6-4-13-8-9-17-11-13/h8-9,11-12,14-15H,2-7,10H2,1H3. The summed E-state index contributed by atoms with van der Waals surface area (Å²) >= 11 is 8.29. The molecule has 1 fully saturated rings. The van der Waals surface area contributed by atoms with Crippen LogP contribution in [0.15, 0.2) is 16.8 Å². The molecular formula is C15H23ClS. The van der Waals surface area contributed by atoms with Crippen LogP contribution >= 0.6 is 22.9 Å². The fourth-order valence-corrected chi connectivity index (χ4v) is 4.14. The van der Waals surface area contributed by atoms with Crippen LogP contribution in [0.3, 0.4) is 0 Å². The van der Waals surface area contributed by atoms with Gasteiger partial charge in [0.15, 0.2) is 0 Å². The van der Waals surface area contributed by atoms with E-state index < -0.39 is 0 Å². The molecule has 0 amide bonds. The second kappa shape index (κ2) is 6.80. The summed E-state index contributed by atoms with van der Waals surface area (Å²) in [4.78, 5) is 0. The van der Waals surface area contributed by atoms with E-state index in [0.29, 0.717) is 5.38 Å². The molecule has 1 aromatic heterocycles. The van der Waals surface area contributed by atoms with Gasteiger partial charge in [0, 0.05) is 5.38 Å². The minimum Gasteiger partial charge on any atom is -0.152 e. The smallest absolute Gasteiger partial charge is 0.0364 e. The van der Waals surface area contributed by atoms with Crippen LogP contribution in [0.4, 0.5) is 0 Å². The second-order valence-corrected chi connectivity index (χ2v) is 6.75. The highest BCUT2D eigenvalue weighted by molar-refractivity contribution is 7.07. The topological polar surface area (TPSA) is 0 Å². The first-order chi connectivity index (χ1) is 8.29. The molecule has 1 aromatic rings. The van der Waals surface area contributed by atoms with Crippen molar-refractivity contribution in [3.8, 4) is 0 Å². The number of hydrogen-bond acceptors (Lipinski definition) is 1. The minimum absolute atomic E-state index is 0.432. The molecule has 3 unspecified atom stereocenters. The van der Waals surface area contributed by atoms with Crippen molar-refractivity contribution in [2.75, 3.05) is 0 Å². The monoisotopic (exact) mass is 270 g/mol. The molecule has 0 spiro atoms. The lowest BCUT2D eigenvalue weighted by Gasteiger charge is -2.33. The minimum atomic E-state index is 0.432. The Kier molecular flexibility index (Phi) is 5.37. The van der Waals surface area contributed by atoms with E-state index in [4.69, 9.17) is 11.6 Å². The fraction of sp³-hybridized carbons (Fsp3) is 0.733. The number of aryl methyl sites for hydroxylation is 1. The van der Waals surface area contributed by atoms with Crippen LogP contribution in [0, 0.1) is 11.8 Å². The van der Waals surface area contributed by atoms with E-state index in [-0.39, 0.29) is 0 Å². The quantitative estimate of drug-likeness (QED) is 0.620. The number of alkyl halides is 1. The van der Waals surface area contributed by atoms with Crippen LogP contribution in [0.5, 0.6) is 0 Å². The molecule has 2 heteroatoms. The Morgan fingerprint density at radius 2 is 2.24 bits per heavy atom. The zero-order chi connectivity index (χ0) is 12.1. The van der Waals surface area contributed by atoms with Gasteiger partial charge < -0.3 is 0 Å². The molecule has 0 N–H and O–H groups in total. The summed E-state index contributed by atoms with van der Waals surface area (Å²) in [5.74, 6) is 1.70. The van der Waals surface area contributed by atoms with Crippen LogP contribution in [0.1, 0.15) is 51.0 Å². The van der Waals surface area contributed by atoms with Gasteiger partial charge in [-0.15, -0.1) is 11.6 Å². The predicted octanol–water partition coefficient (Wildman–Crippen LogP) is 5.50. The van der Waals surface area contributed by atoms with Gasteiger partial charge in [0.2, 0.25) is 0 Å². The van der Waals surface area contributed by atoms with Crippen molar-refractivity contribution in [1.29, 1.82) is 0 Å². The number of rotatable bonds is 5. The molecule has 0 aliphatic heterocycles. The average Bonchev–Trinajstić information content (AvgIpc) is 2.83. The molecule has 1 aliphatic carbocycles. The first-order valence-electron chi connectivity index (χ1n) is 6.94. The zero-order valence-corrected chi connectivity index (χ0v) is 12.3. The van der Waals surface area contributed by atoms with Gasteiger partial charge in [-0.05, 0) is 66.3 Å².